The first-order chi connectivity index (χ1) is 17.8. The Kier molecular flexibility index (Phi) is 6.49. The number of anilines is 4. The van der Waals surface area contributed by atoms with Crippen molar-refractivity contribution in [3.8, 4) is 11.3 Å². The molecule has 6 rings (SSSR count). The number of hydrogen-bond donors (Lipinski definition) is 4. The van der Waals surface area contributed by atoms with Gasteiger partial charge >= 0.3 is 0 Å². The molecule has 4 heterocycles. The summed E-state index contributed by atoms with van der Waals surface area (Å²) in [5.41, 5.74) is 3.00. The average Bonchev–Trinajstić information content (AvgIpc) is 3.27. The summed E-state index contributed by atoms with van der Waals surface area (Å²) < 4.78 is 5.53. The van der Waals surface area contributed by atoms with Gasteiger partial charge in [-0.25, -0.2) is 0 Å². The maximum Gasteiger partial charge on any atom is 0.227 e. The lowest BCUT2D eigenvalue weighted by Gasteiger charge is -2.16. The predicted molar refractivity (Wildman–Crippen MR) is 139 cm³/mol. The molecule has 10 heteroatoms. The van der Waals surface area contributed by atoms with Crippen LogP contribution < -0.4 is 16.0 Å². The van der Waals surface area contributed by atoms with E-state index in [9.17, 15) is 0 Å². The van der Waals surface area contributed by atoms with Gasteiger partial charge < -0.3 is 25.4 Å². The maximum absolute atomic E-state index is 5.53. The monoisotopic (exact) mass is 485 g/mol. The topological polar surface area (TPSA) is 120 Å². The highest BCUT2D eigenvalue weighted by molar-refractivity contribution is 5.60. The average molecular weight is 486 g/mol. The van der Waals surface area contributed by atoms with Crippen LogP contribution in [-0.4, -0.2) is 56.4 Å². The van der Waals surface area contributed by atoms with Crippen molar-refractivity contribution in [3.05, 3.63) is 60.0 Å². The van der Waals surface area contributed by atoms with Gasteiger partial charge in [0.2, 0.25) is 5.95 Å². The van der Waals surface area contributed by atoms with E-state index in [0.29, 0.717) is 30.0 Å². The molecule has 10 nitrogen and oxygen atoms in total. The molecule has 36 heavy (non-hydrogen) atoms. The number of aromatic nitrogens is 5. The summed E-state index contributed by atoms with van der Waals surface area (Å²) in [6.45, 7) is 4.60. The lowest BCUT2D eigenvalue weighted by molar-refractivity contribution is 0.352. The van der Waals surface area contributed by atoms with Gasteiger partial charge in [-0.2, -0.15) is 15.1 Å². The number of likely N-dealkylation sites (tertiary alicyclic amines) is 1. The highest BCUT2D eigenvalue weighted by atomic mass is 16.5. The molecule has 2 fully saturated rings. The van der Waals surface area contributed by atoms with Gasteiger partial charge in [0, 0.05) is 48.5 Å². The third-order valence-electron chi connectivity index (χ3n) is 6.58. The van der Waals surface area contributed by atoms with Gasteiger partial charge in [-0.15, -0.1) is 0 Å². The van der Waals surface area contributed by atoms with Gasteiger partial charge in [0.25, 0.3) is 0 Å². The molecule has 0 atom stereocenters. The Bertz CT molecular complexity index is 1280. The molecule has 186 valence electrons. The summed E-state index contributed by atoms with van der Waals surface area (Å²) >= 11 is 0. The molecule has 0 amide bonds. The summed E-state index contributed by atoms with van der Waals surface area (Å²) in [5, 5.41) is 21.8. The van der Waals surface area contributed by atoms with Crippen molar-refractivity contribution in [3.63, 3.8) is 0 Å². The summed E-state index contributed by atoms with van der Waals surface area (Å²) in [7, 11) is 0. The van der Waals surface area contributed by atoms with Crippen LogP contribution in [0.4, 0.5) is 23.4 Å². The third kappa shape index (κ3) is 5.65. The quantitative estimate of drug-likeness (QED) is 0.242. The summed E-state index contributed by atoms with van der Waals surface area (Å²) in [6, 6.07) is 15.9. The normalized spacial score (nSPS) is 15.8. The second kappa shape index (κ2) is 10.4. The summed E-state index contributed by atoms with van der Waals surface area (Å²) in [4.78, 5) is 11.8. The molecule has 0 spiro atoms. The first-order valence-corrected chi connectivity index (χ1v) is 12.7. The van der Waals surface area contributed by atoms with Crippen molar-refractivity contribution in [1.29, 1.82) is 0 Å². The van der Waals surface area contributed by atoms with E-state index in [1.54, 1.807) is 0 Å². The number of nitrogens with zero attached hydrogens (tertiary/aromatic N) is 5. The van der Waals surface area contributed by atoms with Gasteiger partial charge in [-0.3, -0.25) is 5.10 Å². The second-order valence-corrected chi connectivity index (χ2v) is 9.44. The van der Waals surface area contributed by atoms with E-state index >= 15 is 0 Å². The lowest BCUT2D eigenvalue weighted by atomic mass is 10.1. The van der Waals surface area contributed by atoms with Crippen molar-refractivity contribution < 1.29 is 4.52 Å². The molecule has 3 aromatic heterocycles. The zero-order valence-corrected chi connectivity index (χ0v) is 20.2. The first kappa shape index (κ1) is 22.5. The van der Waals surface area contributed by atoms with E-state index in [1.165, 1.54) is 44.5 Å². The minimum absolute atomic E-state index is 0.421. The van der Waals surface area contributed by atoms with Gasteiger partial charge in [-0.1, -0.05) is 35.5 Å². The van der Waals surface area contributed by atoms with Crippen LogP contribution in [-0.2, 0) is 6.54 Å². The third-order valence-corrected chi connectivity index (χ3v) is 6.58. The standard InChI is InChI=1S/C26H31N9O/c1-2-6-18(7-3-1)22-14-20(36-34-22)17-28-26-30-23(27-10-13-35-11-4-5-12-35)16-24(31-26)29-25-15-21(32-33-25)19-8-9-19/h1-3,6-7,14-16,19H,4-5,8-13,17H2,(H4,27,28,29,30,31,32,33). The van der Waals surface area contributed by atoms with Crippen LogP contribution in [0.3, 0.4) is 0 Å². The highest BCUT2D eigenvalue weighted by Gasteiger charge is 2.25. The Hall–Kier alpha value is -3.92. The Morgan fingerprint density at radius 1 is 0.944 bits per heavy atom. The first-order valence-electron chi connectivity index (χ1n) is 12.7. The van der Waals surface area contributed by atoms with E-state index in [4.69, 9.17) is 4.52 Å². The van der Waals surface area contributed by atoms with Gasteiger partial charge in [0.1, 0.15) is 17.3 Å². The number of nitrogens with one attached hydrogen (secondary N) is 4. The highest BCUT2D eigenvalue weighted by Crippen LogP contribution is 2.39. The van der Waals surface area contributed by atoms with E-state index in [-0.39, 0.29) is 0 Å². The predicted octanol–water partition coefficient (Wildman–Crippen LogP) is 4.60. The van der Waals surface area contributed by atoms with Crippen molar-refractivity contribution in [2.45, 2.75) is 38.1 Å². The Morgan fingerprint density at radius 3 is 2.61 bits per heavy atom. The van der Waals surface area contributed by atoms with E-state index < -0.39 is 0 Å². The van der Waals surface area contributed by atoms with E-state index in [1.807, 2.05) is 42.5 Å². The molecule has 0 unspecified atom stereocenters. The molecule has 4 N–H and O–H groups in total. The van der Waals surface area contributed by atoms with Crippen LogP contribution in [0.25, 0.3) is 11.3 Å². The van der Waals surface area contributed by atoms with Crippen LogP contribution in [0.5, 0.6) is 0 Å². The van der Waals surface area contributed by atoms with Crippen molar-refractivity contribution in [2.75, 3.05) is 42.1 Å². The molecule has 1 aromatic carbocycles. The smallest absolute Gasteiger partial charge is 0.227 e. The lowest BCUT2D eigenvalue weighted by Crippen LogP contribution is -2.26. The molecular weight excluding hydrogens is 454 g/mol. The number of benzene rings is 1. The van der Waals surface area contributed by atoms with Crippen molar-refractivity contribution in [2.24, 2.45) is 0 Å². The van der Waals surface area contributed by atoms with Crippen LogP contribution in [0.2, 0.25) is 0 Å². The summed E-state index contributed by atoms with van der Waals surface area (Å²) in [5.74, 6) is 4.01. The van der Waals surface area contributed by atoms with Gasteiger partial charge in [-0.05, 0) is 38.8 Å². The number of rotatable bonds is 11. The van der Waals surface area contributed by atoms with E-state index in [0.717, 1.165) is 36.0 Å². The second-order valence-electron chi connectivity index (χ2n) is 9.44. The van der Waals surface area contributed by atoms with Crippen LogP contribution in [0.15, 0.2) is 53.1 Å². The number of H-pyrrole nitrogens is 1. The molecule has 1 aliphatic heterocycles. The largest absolute Gasteiger partial charge is 0.369 e. The zero-order valence-electron chi connectivity index (χ0n) is 20.2. The van der Waals surface area contributed by atoms with E-state index in [2.05, 4.69) is 52.2 Å². The number of hydrogen-bond acceptors (Lipinski definition) is 9. The molecule has 1 saturated heterocycles. The van der Waals surface area contributed by atoms with Gasteiger partial charge in [0.05, 0.1) is 6.54 Å². The van der Waals surface area contributed by atoms with Crippen LogP contribution >= 0.6 is 0 Å². The fourth-order valence-electron chi connectivity index (χ4n) is 4.47. The minimum atomic E-state index is 0.421. The summed E-state index contributed by atoms with van der Waals surface area (Å²) in [6.07, 6.45) is 5.02. The maximum atomic E-state index is 5.53. The molecule has 2 aliphatic rings. The zero-order chi connectivity index (χ0) is 24.2. The molecule has 1 aliphatic carbocycles. The molecular formula is C26H31N9O. The number of aromatic amines is 1. The molecule has 0 radical (unpaired) electrons. The van der Waals surface area contributed by atoms with Crippen LogP contribution in [0.1, 0.15) is 43.1 Å². The fraction of sp³-hybridized carbons (Fsp3) is 0.385. The Labute approximate surface area is 209 Å². The SMILES string of the molecule is c1ccc(-c2cc(CNc3nc(NCCN4CCCC4)cc(Nc4cc(C5CC5)[nH]n4)n3)on2)cc1. The molecule has 0 bridgehead atoms. The fourth-order valence-corrected chi connectivity index (χ4v) is 4.47. The molecule has 4 aromatic rings. The Balaban J connectivity index is 1.14. The van der Waals surface area contributed by atoms with Crippen molar-refractivity contribution in [1.82, 2.24) is 30.2 Å². The minimum Gasteiger partial charge on any atom is -0.369 e. The van der Waals surface area contributed by atoms with Crippen molar-refractivity contribution >= 4 is 23.4 Å². The molecule has 1 saturated carbocycles. The Morgan fingerprint density at radius 2 is 1.78 bits per heavy atom. The van der Waals surface area contributed by atoms with Gasteiger partial charge in [0.15, 0.2) is 11.6 Å². The van der Waals surface area contributed by atoms with Crippen LogP contribution in [0, 0.1) is 0 Å².